The molecule has 0 aliphatic carbocycles. The summed E-state index contributed by atoms with van der Waals surface area (Å²) < 4.78 is 24.6. The van der Waals surface area contributed by atoms with Crippen LogP contribution in [0.1, 0.15) is 33.1 Å². The summed E-state index contributed by atoms with van der Waals surface area (Å²) in [6, 6.07) is 0. The molecule has 124 valence electrons. The number of nitrogens with zero attached hydrogens (tertiary/aromatic N) is 1. The Morgan fingerprint density at radius 1 is 1.33 bits per heavy atom. The van der Waals surface area contributed by atoms with E-state index in [-0.39, 0.29) is 12.5 Å². The van der Waals surface area contributed by atoms with Gasteiger partial charge in [0.2, 0.25) is 15.9 Å². The van der Waals surface area contributed by atoms with E-state index in [9.17, 15) is 13.2 Å². The standard InChI is InChI=1S/C13H27N3O4S/c1-13(2,10-14-21(4,18)19)15-12(17)9-11-5-7-16(20-3)8-6-11/h11,14H,5-10H2,1-4H3,(H,15,17). The molecule has 0 aromatic rings. The highest BCUT2D eigenvalue weighted by atomic mass is 32.2. The number of hydrogen-bond acceptors (Lipinski definition) is 5. The molecule has 0 saturated carbocycles. The highest BCUT2D eigenvalue weighted by Gasteiger charge is 2.25. The van der Waals surface area contributed by atoms with Gasteiger partial charge in [-0.25, -0.2) is 13.1 Å². The van der Waals surface area contributed by atoms with E-state index >= 15 is 0 Å². The maximum Gasteiger partial charge on any atom is 0.220 e. The van der Waals surface area contributed by atoms with Gasteiger partial charge in [-0.05, 0) is 32.6 Å². The Morgan fingerprint density at radius 3 is 2.38 bits per heavy atom. The Balaban J connectivity index is 2.35. The highest BCUT2D eigenvalue weighted by molar-refractivity contribution is 7.88. The van der Waals surface area contributed by atoms with E-state index in [0.717, 1.165) is 32.2 Å². The average Bonchev–Trinajstić information content (AvgIpc) is 2.36. The molecule has 1 rings (SSSR count). The Morgan fingerprint density at radius 2 is 1.90 bits per heavy atom. The van der Waals surface area contributed by atoms with Gasteiger partial charge in [0.1, 0.15) is 0 Å². The fraction of sp³-hybridized carbons (Fsp3) is 0.923. The van der Waals surface area contributed by atoms with Crippen LogP contribution in [0.5, 0.6) is 0 Å². The van der Waals surface area contributed by atoms with Crippen LogP contribution in [-0.4, -0.2) is 57.9 Å². The number of rotatable bonds is 7. The molecule has 0 aromatic carbocycles. The van der Waals surface area contributed by atoms with Gasteiger partial charge in [0, 0.05) is 31.6 Å². The molecule has 1 aliphatic rings. The molecule has 0 bridgehead atoms. The van der Waals surface area contributed by atoms with E-state index in [1.54, 1.807) is 21.0 Å². The van der Waals surface area contributed by atoms with Crippen molar-refractivity contribution in [3.05, 3.63) is 0 Å². The second kappa shape index (κ2) is 7.53. The summed E-state index contributed by atoms with van der Waals surface area (Å²) in [6.45, 7) is 5.47. The van der Waals surface area contributed by atoms with Crippen molar-refractivity contribution < 1.29 is 18.0 Å². The van der Waals surface area contributed by atoms with Gasteiger partial charge in [0.05, 0.1) is 13.4 Å². The lowest BCUT2D eigenvalue weighted by Crippen LogP contribution is -2.51. The van der Waals surface area contributed by atoms with Crippen LogP contribution in [0.4, 0.5) is 0 Å². The Hall–Kier alpha value is -0.700. The second-order valence-corrected chi connectivity index (χ2v) is 8.12. The minimum absolute atomic E-state index is 0.0360. The van der Waals surface area contributed by atoms with Crippen molar-refractivity contribution >= 4 is 15.9 Å². The third-order valence-corrected chi connectivity index (χ3v) is 4.23. The average molecular weight is 321 g/mol. The summed E-state index contributed by atoms with van der Waals surface area (Å²) in [7, 11) is -1.59. The number of hydrogen-bond donors (Lipinski definition) is 2. The van der Waals surface area contributed by atoms with E-state index in [0.29, 0.717) is 12.3 Å². The maximum atomic E-state index is 12.1. The van der Waals surface area contributed by atoms with Gasteiger partial charge in [-0.15, -0.1) is 0 Å². The summed E-state index contributed by atoms with van der Waals surface area (Å²) >= 11 is 0. The molecule has 8 heteroatoms. The minimum Gasteiger partial charge on any atom is -0.350 e. The molecule has 0 unspecified atom stereocenters. The lowest BCUT2D eigenvalue weighted by atomic mass is 9.93. The molecule has 1 heterocycles. The van der Waals surface area contributed by atoms with E-state index < -0.39 is 15.6 Å². The number of nitrogens with one attached hydrogen (secondary N) is 2. The van der Waals surface area contributed by atoms with Gasteiger partial charge in [-0.3, -0.25) is 4.79 Å². The van der Waals surface area contributed by atoms with E-state index in [1.807, 2.05) is 5.06 Å². The predicted octanol–water partition coefficient (Wildman–Crippen LogP) is 0.0939. The molecule has 0 aromatic heterocycles. The lowest BCUT2D eigenvalue weighted by molar-refractivity contribution is -0.150. The summed E-state index contributed by atoms with van der Waals surface area (Å²) in [5, 5.41) is 4.79. The van der Waals surface area contributed by atoms with Crippen LogP contribution in [0, 0.1) is 5.92 Å². The molecule has 1 saturated heterocycles. The third-order valence-electron chi connectivity index (χ3n) is 3.56. The molecular formula is C13H27N3O4S. The zero-order valence-corrected chi connectivity index (χ0v) is 14.1. The van der Waals surface area contributed by atoms with Crippen molar-refractivity contribution in [3.8, 4) is 0 Å². The first-order valence-electron chi connectivity index (χ1n) is 7.16. The number of sulfonamides is 1. The first-order valence-corrected chi connectivity index (χ1v) is 9.05. The molecule has 7 nitrogen and oxygen atoms in total. The van der Waals surface area contributed by atoms with Gasteiger partial charge in [-0.1, -0.05) is 0 Å². The smallest absolute Gasteiger partial charge is 0.220 e. The fourth-order valence-corrected chi connectivity index (χ4v) is 2.97. The summed E-state index contributed by atoms with van der Waals surface area (Å²) in [5.74, 6) is 0.321. The van der Waals surface area contributed by atoms with E-state index in [1.165, 1.54) is 0 Å². The van der Waals surface area contributed by atoms with Crippen LogP contribution in [-0.2, 0) is 19.7 Å². The minimum atomic E-state index is -3.25. The van der Waals surface area contributed by atoms with Crippen molar-refractivity contribution in [2.75, 3.05) is 33.0 Å². The number of hydroxylamine groups is 2. The quantitative estimate of drug-likeness (QED) is 0.694. The molecule has 1 fully saturated rings. The Kier molecular flexibility index (Phi) is 6.58. The number of carbonyl (C=O) groups excluding carboxylic acids is 1. The lowest BCUT2D eigenvalue weighted by Gasteiger charge is -2.31. The number of piperidine rings is 1. The van der Waals surface area contributed by atoms with Crippen molar-refractivity contribution in [3.63, 3.8) is 0 Å². The van der Waals surface area contributed by atoms with Crippen molar-refractivity contribution in [1.82, 2.24) is 15.1 Å². The van der Waals surface area contributed by atoms with Gasteiger partial charge in [-0.2, -0.15) is 5.06 Å². The molecule has 2 N–H and O–H groups in total. The zero-order chi connectivity index (χ0) is 16.1. The Bertz CT molecular complexity index is 442. The van der Waals surface area contributed by atoms with Crippen LogP contribution in [0.2, 0.25) is 0 Å². The second-order valence-electron chi connectivity index (χ2n) is 6.28. The first kappa shape index (κ1) is 18.3. The molecule has 0 spiro atoms. The normalized spacial score (nSPS) is 18.7. The zero-order valence-electron chi connectivity index (χ0n) is 13.3. The van der Waals surface area contributed by atoms with E-state index in [4.69, 9.17) is 4.84 Å². The van der Waals surface area contributed by atoms with Gasteiger partial charge < -0.3 is 10.2 Å². The van der Waals surface area contributed by atoms with E-state index in [2.05, 4.69) is 10.0 Å². The van der Waals surface area contributed by atoms with Crippen molar-refractivity contribution in [2.45, 2.75) is 38.6 Å². The summed E-state index contributed by atoms with van der Waals surface area (Å²) in [5.41, 5.74) is -0.604. The molecule has 21 heavy (non-hydrogen) atoms. The summed E-state index contributed by atoms with van der Waals surface area (Å²) in [6.07, 6.45) is 3.45. The molecule has 1 aliphatic heterocycles. The largest absolute Gasteiger partial charge is 0.350 e. The molecule has 1 amide bonds. The Labute approximate surface area is 127 Å². The number of amides is 1. The SMILES string of the molecule is CON1CCC(CC(=O)NC(C)(C)CNS(C)(=O)=O)CC1. The summed E-state index contributed by atoms with van der Waals surface area (Å²) in [4.78, 5) is 17.2. The first-order chi connectivity index (χ1) is 9.61. The third kappa shape index (κ3) is 7.75. The van der Waals surface area contributed by atoms with Crippen LogP contribution in [0.15, 0.2) is 0 Å². The van der Waals surface area contributed by atoms with Gasteiger partial charge >= 0.3 is 0 Å². The molecular weight excluding hydrogens is 294 g/mol. The monoisotopic (exact) mass is 321 g/mol. The highest BCUT2D eigenvalue weighted by Crippen LogP contribution is 2.20. The van der Waals surface area contributed by atoms with Gasteiger partial charge in [0.15, 0.2) is 0 Å². The number of carbonyl (C=O) groups is 1. The maximum absolute atomic E-state index is 12.1. The molecule has 0 radical (unpaired) electrons. The van der Waals surface area contributed by atoms with Crippen molar-refractivity contribution in [1.29, 1.82) is 0 Å². The fourth-order valence-electron chi connectivity index (χ4n) is 2.34. The van der Waals surface area contributed by atoms with Crippen LogP contribution in [0.3, 0.4) is 0 Å². The van der Waals surface area contributed by atoms with Crippen LogP contribution in [0.25, 0.3) is 0 Å². The van der Waals surface area contributed by atoms with Crippen LogP contribution >= 0.6 is 0 Å². The predicted molar refractivity (Wildman–Crippen MR) is 81.0 cm³/mol. The van der Waals surface area contributed by atoms with Crippen LogP contribution < -0.4 is 10.0 Å². The topological polar surface area (TPSA) is 87.7 Å². The molecule has 0 atom stereocenters. The van der Waals surface area contributed by atoms with Crippen molar-refractivity contribution in [2.24, 2.45) is 5.92 Å². The van der Waals surface area contributed by atoms with Gasteiger partial charge in [0.25, 0.3) is 0 Å².